The fraction of sp³-hybridized carbons (Fsp3) is 0.429. The standard InChI is InChI=1S/C14H20N2O3/c1-9(2)16-13(17)6-7-15-12-5-4-11(14(18)19)8-10(12)3/h4-5,8-9,15H,6-7H2,1-3H3,(H,16,17)(H,18,19). The number of benzene rings is 1. The number of carboxylic acid groups (broad SMARTS) is 1. The first-order valence-corrected chi connectivity index (χ1v) is 6.27. The molecule has 0 radical (unpaired) electrons. The Morgan fingerprint density at radius 3 is 2.53 bits per heavy atom. The Kier molecular flexibility index (Phi) is 5.36. The van der Waals surface area contributed by atoms with Crippen molar-refractivity contribution in [2.45, 2.75) is 33.2 Å². The predicted octanol–water partition coefficient (Wildman–Crippen LogP) is 2.02. The van der Waals surface area contributed by atoms with Crippen LogP contribution in [0.1, 0.15) is 36.2 Å². The van der Waals surface area contributed by atoms with E-state index in [0.29, 0.717) is 13.0 Å². The summed E-state index contributed by atoms with van der Waals surface area (Å²) in [5.74, 6) is -0.937. The molecule has 1 aromatic carbocycles. The minimum atomic E-state index is -0.939. The molecule has 0 saturated heterocycles. The van der Waals surface area contributed by atoms with Gasteiger partial charge in [0, 0.05) is 24.7 Å². The molecule has 19 heavy (non-hydrogen) atoms. The minimum Gasteiger partial charge on any atom is -0.478 e. The molecular formula is C14H20N2O3. The van der Waals surface area contributed by atoms with E-state index >= 15 is 0 Å². The van der Waals surface area contributed by atoms with Crippen molar-refractivity contribution < 1.29 is 14.7 Å². The van der Waals surface area contributed by atoms with Crippen LogP contribution in [0.2, 0.25) is 0 Å². The number of aromatic carboxylic acids is 1. The van der Waals surface area contributed by atoms with Crippen molar-refractivity contribution in [2.75, 3.05) is 11.9 Å². The van der Waals surface area contributed by atoms with Gasteiger partial charge >= 0.3 is 5.97 Å². The molecule has 5 nitrogen and oxygen atoms in total. The van der Waals surface area contributed by atoms with Gasteiger partial charge in [0.25, 0.3) is 0 Å². The largest absolute Gasteiger partial charge is 0.478 e. The molecule has 0 bridgehead atoms. The number of carbonyl (C=O) groups excluding carboxylic acids is 1. The minimum absolute atomic E-state index is 0.00214. The van der Waals surface area contributed by atoms with Crippen molar-refractivity contribution in [1.29, 1.82) is 0 Å². The van der Waals surface area contributed by atoms with Crippen molar-refractivity contribution in [1.82, 2.24) is 5.32 Å². The molecule has 0 aliphatic carbocycles. The summed E-state index contributed by atoms with van der Waals surface area (Å²) in [6.45, 7) is 6.19. The van der Waals surface area contributed by atoms with Crippen molar-refractivity contribution in [3.63, 3.8) is 0 Å². The summed E-state index contributed by atoms with van der Waals surface area (Å²) < 4.78 is 0. The normalized spacial score (nSPS) is 10.3. The number of amides is 1. The highest BCUT2D eigenvalue weighted by molar-refractivity contribution is 5.88. The topological polar surface area (TPSA) is 78.4 Å². The maximum atomic E-state index is 11.4. The third kappa shape index (κ3) is 4.99. The molecule has 0 aliphatic rings. The van der Waals surface area contributed by atoms with E-state index < -0.39 is 5.97 Å². The Bertz CT molecular complexity index is 470. The third-order valence-corrected chi connectivity index (χ3v) is 2.59. The number of nitrogens with one attached hydrogen (secondary N) is 2. The Hall–Kier alpha value is -2.04. The van der Waals surface area contributed by atoms with Crippen molar-refractivity contribution in [3.05, 3.63) is 29.3 Å². The number of aryl methyl sites for hydroxylation is 1. The number of hydrogen-bond acceptors (Lipinski definition) is 3. The van der Waals surface area contributed by atoms with Gasteiger partial charge in [0.2, 0.25) is 5.91 Å². The van der Waals surface area contributed by atoms with Gasteiger partial charge in [0.1, 0.15) is 0 Å². The molecule has 104 valence electrons. The molecule has 0 aromatic heterocycles. The van der Waals surface area contributed by atoms with Crippen LogP contribution >= 0.6 is 0 Å². The second kappa shape index (κ2) is 6.78. The van der Waals surface area contributed by atoms with E-state index in [4.69, 9.17) is 5.11 Å². The number of carboxylic acids is 1. The molecule has 0 unspecified atom stereocenters. The summed E-state index contributed by atoms with van der Waals surface area (Å²) in [6.07, 6.45) is 0.387. The number of rotatable bonds is 6. The van der Waals surface area contributed by atoms with Crippen molar-refractivity contribution >= 4 is 17.6 Å². The summed E-state index contributed by atoms with van der Waals surface area (Å²) in [5, 5.41) is 14.8. The Morgan fingerprint density at radius 1 is 1.32 bits per heavy atom. The van der Waals surface area contributed by atoms with Crippen LogP contribution in [-0.2, 0) is 4.79 Å². The molecule has 0 fully saturated rings. The van der Waals surface area contributed by atoms with Crippen molar-refractivity contribution in [3.8, 4) is 0 Å². The van der Waals surface area contributed by atoms with Gasteiger partial charge in [0.05, 0.1) is 5.56 Å². The smallest absolute Gasteiger partial charge is 0.335 e. The van der Waals surface area contributed by atoms with E-state index in [9.17, 15) is 9.59 Å². The second-order valence-corrected chi connectivity index (χ2v) is 4.73. The summed E-state index contributed by atoms with van der Waals surface area (Å²) >= 11 is 0. The summed E-state index contributed by atoms with van der Waals surface area (Å²) in [5.41, 5.74) is 1.96. The van der Waals surface area contributed by atoms with Gasteiger partial charge in [-0.25, -0.2) is 4.79 Å². The first-order chi connectivity index (χ1) is 8.90. The van der Waals surface area contributed by atoms with Crippen LogP contribution in [0.4, 0.5) is 5.69 Å². The number of anilines is 1. The van der Waals surface area contributed by atoms with E-state index in [2.05, 4.69) is 10.6 Å². The van der Waals surface area contributed by atoms with E-state index in [0.717, 1.165) is 11.3 Å². The van der Waals surface area contributed by atoms with Gasteiger partial charge in [0.15, 0.2) is 0 Å². The quantitative estimate of drug-likeness (QED) is 0.734. The molecular weight excluding hydrogens is 244 g/mol. The Balaban J connectivity index is 2.50. The molecule has 0 spiro atoms. The molecule has 0 aliphatic heterocycles. The van der Waals surface area contributed by atoms with Gasteiger partial charge < -0.3 is 15.7 Å². The second-order valence-electron chi connectivity index (χ2n) is 4.73. The zero-order valence-electron chi connectivity index (χ0n) is 11.5. The van der Waals surface area contributed by atoms with E-state index in [1.54, 1.807) is 18.2 Å². The van der Waals surface area contributed by atoms with Crippen LogP contribution in [0.25, 0.3) is 0 Å². The molecule has 3 N–H and O–H groups in total. The highest BCUT2D eigenvalue weighted by Gasteiger charge is 2.06. The first-order valence-electron chi connectivity index (χ1n) is 6.27. The highest BCUT2D eigenvalue weighted by atomic mass is 16.4. The average molecular weight is 264 g/mol. The average Bonchev–Trinajstić information content (AvgIpc) is 2.29. The lowest BCUT2D eigenvalue weighted by molar-refractivity contribution is -0.121. The summed E-state index contributed by atoms with van der Waals surface area (Å²) in [7, 11) is 0. The van der Waals surface area contributed by atoms with E-state index in [1.165, 1.54) is 0 Å². The Morgan fingerprint density at radius 2 is 2.00 bits per heavy atom. The molecule has 1 amide bonds. The third-order valence-electron chi connectivity index (χ3n) is 2.59. The van der Waals surface area contributed by atoms with Crippen LogP contribution in [0.15, 0.2) is 18.2 Å². The van der Waals surface area contributed by atoms with Crippen LogP contribution in [-0.4, -0.2) is 29.6 Å². The lowest BCUT2D eigenvalue weighted by Crippen LogP contribution is -2.31. The fourth-order valence-corrected chi connectivity index (χ4v) is 1.70. The van der Waals surface area contributed by atoms with Crippen LogP contribution < -0.4 is 10.6 Å². The molecule has 5 heteroatoms. The predicted molar refractivity (Wildman–Crippen MR) is 74.5 cm³/mol. The van der Waals surface area contributed by atoms with Gasteiger partial charge in [-0.05, 0) is 44.5 Å². The SMILES string of the molecule is Cc1cc(C(=O)O)ccc1NCCC(=O)NC(C)C. The number of carbonyl (C=O) groups is 2. The maximum absolute atomic E-state index is 11.4. The zero-order chi connectivity index (χ0) is 14.4. The molecule has 1 aromatic rings. The fourth-order valence-electron chi connectivity index (χ4n) is 1.70. The lowest BCUT2D eigenvalue weighted by Gasteiger charge is -2.11. The molecule has 1 rings (SSSR count). The summed E-state index contributed by atoms with van der Waals surface area (Å²) in [4.78, 5) is 22.2. The monoisotopic (exact) mass is 264 g/mol. The van der Waals surface area contributed by atoms with E-state index in [-0.39, 0.29) is 17.5 Å². The van der Waals surface area contributed by atoms with E-state index in [1.807, 2.05) is 20.8 Å². The highest BCUT2D eigenvalue weighted by Crippen LogP contribution is 2.16. The number of hydrogen-bond donors (Lipinski definition) is 3. The maximum Gasteiger partial charge on any atom is 0.335 e. The van der Waals surface area contributed by atoms with Crippen LogP contribution in [0, 0.1) is 6.92 Å². The molecule has 0 atom stereocenters. The Labute approximate surface area is 113 Å². The van der Waals surface area contributed by atoms with Crippen LogP contribution in [0.3, 0.4) is 0 Å². The first kappa shape index (κ1) is 15.0. The van der Waals surface area contributed by atoms with Gasteiger partial charge in [-0.3, -0.25) is 4.79 Å². The zero-order valence-corrected chi connectivity index (χ0v) is 11.5. The summed E-state index contributed by atoms with van der Waals surface area (Å²) in [6, 6.07) is 5.02. The van der Waals surface area contributed by atoms with Gasteiger partial charge in [-0.15, -0.1) is 0 Å². The van der Waals surface area contributed by atoms with Gasteiger partial charge in [-0.1, -0.05) is 0 Å². The molecule has 0 heterocycles. The van der Waals surface area contributed by atoms with Gasteiger partial charge in [-0.2, -0.15) is 0 Å². The lowest BCUT2D eigenvalue weighted by atomic mass is 10.1. The van der Waals surface area contributed by atoms with Crippen molar-refractivity contribution in [2.24, 2.45) is 0 Å². The molecule has 0 saturated carbocycles. The van der Waals surface area contributed by atoms with Crippen LogP contribution in [0.5, 0.6) is 0 Å².